The summed E-state index contributed by atoms with van der Waals surface area (Å²) in [5, 5.41) is 5.78. The number of hydrogen-bond acceptors (Lipinski definition) is 7. The number of hydrogen-bond donors (Lipinski definition) is 2. The monoisotopic (exact) mass is 541 g/mol. The average Bonchev–Trinajstić information content (AvgIpc) is 3.11. The van der Waals surface area contributed by atoms with Crippen LogP contribution in [-0.2, 0) is 9.59 Å². The molecule has 0 aromatic heterocycles. The van der Waals surface area contributed by atoms with Crippen LogP contribution in [0.4, 0.5) is 17.1 Å². The summed E-state index contributed by atoms with van der Waals surface area (Å²) in [6.45, 7) is 0. The summed E-state index contributed by atoms with van der Waals surface area (Å²) in [7, 11) is 4.37. The third-order valence-corrected chi connectivity index (χ3v) is 6.07. The van der Waals surface area contributed by atoms with Crippen molar-refractivity contribution in [2.24, 2.45) is 0 Å². The number of imide groups is 1. The molecule has 4 rings (SSSR count). The van der Waals surface area contributed by atoms with Gasteiger partial charge in [-0.1, -0.05) is 23.2 Å². The number of ether oxygens (including phenoxy) is 3. The van der Waals surface area contributed by atoms with E-state index in [0.717, 1.165) is 4.90 Å². The van der Waals surface area contributed by atoms with Crippen LogP contribution in [0.1, 0.15) is 10.4 Å². The van der Waals surface area contributed by atoms with Crippen LogP contribution in [0.2, 0.25) is 5.02 Å². The molecule has 1 aliphatic rings. The first-order valence-corrected chi connectivity index (χ1v) is 11.6. The Morgan fingerprint density at radius 1 is 0.811 bits per heavy atom. The van der Waals surface area contributed by atoms with Crippen LogP contribution >= 0.6 is 23.2 Å². The zero-order valence-corrected chi connectivity index (χ0v) is 21.4. The molecule has 3 amide bonds. The lowest BCUT2D eigenvalue weighted by atomic mass is 10.1. The second-order valence-electron chi connectivity index (χ2n) is 7.67. The molecule has 0 atom stereocenters. The molecule has 3 aromatic carbocycles. The Bertz CT molecular complexity index is 1420. The number of carbonyl (C=O) groups excluding carboxylic acids is 3. The molecule has 1 aliphatic heterocycles. The topological polar surface area (TPSA) is 106 Å². The number of benzene rings is 3. The number of amides is 3. The van der Waals surface area contributed by atoms with Gasteiger partial charge in [0.05, 0.1) is 32.7 Å². The molecule has 0 spiro atoms. The van der Waals surface area contributed by atoms with Gasteiger partial charge in [0, 0.05) is 22.3 Å². The Balaban J connectivity index is 1.52. The van der Waals surface area contributed by atoms with E-state index in [4.69, 9.17) is 37.4 Å². The second-order valence-corrected chi connectivity index (χ2v) is 8.49. The first-order valence-electron chi connectivity index (χ1n) is 10.8. The predicted molar refractivity (Wildman–Crippen MR) is 141 cm³/mol. The molecular formula is C26H21Cl2N3O6. The highest BCUT2D eigenvalue weighted by atomic mass is 35.5. The van der Waals surface area contributed by atoms with Gasteiger partial charge in [0.15, 0.2) is 0 Å². The maximum atomic E-state index is 13.2. The van der Waals surface area contributed by atoms with E-state index in [2.05, 4.69) is 10.6 Å². The minimum Gasteiger partial charge on any atom is -0.497 e. The molecule has 0 saturated carbocycles. The number of anilines is 3. The van der Waals surface area contributed by atoms with Crippen LogP contribution in [0.25, 0.3) is 0 Å². The van der Waals surface area contributed by atoms with Crippen molar-refractivity contribution in [1.29, 1.82) is 0 Å². The molecule has 9 nitrogen and oxygen atoms in total. The summed E-state index contributed by atoms with van der Waals surface area (Å²) in [6.07, 6.45) is 0. The highest BCUT2D eigenvalue weighted by molar-refractivity contribution is 6.53. The van der Waals surface area contributed by atoms with E-state index >= 15 is 0 Å². The number of halogens is 2. The highest BCUT2D eigenvalue weighted by Crippen LogP contribution is 2.38. The van der Waals surface area contributed by atoms with Gasteiger partial charge in [0.25, 0.3) is 17.7 Å². The van der Waals surface area contributed by atoms with E-state index in [9.17, 15) is 14.4 Å². The SMILES string of the molecule is COc1ccc(OC)c(N2C(=O)C(Cl)=C(Nc3ccc(C(=O)Nc4cc(Cl)ccc4OC)cc3)C2=O)c1. The Kier molecular flexibility index (Phi) is 7.56. The van der Waals surface area contributed by atoms with Crippen molar-refractivity contribution >= 4 is 58.0 Å². The van der Waals surface area contributed by atoms with Crippen LogP contribution in [0.15, 0.2) is 71.4 Å². The number of rotatable bonds is 8. The van der Waals surface area contributed by atoms with E-state index in [1.54, 1.807) is 54.6 Å². The zero-order valence-electron chi connectivity index (χ0n) is 19.9. The Morgan fingerprint density at radius 3 is 2.14 bits per heavy atom. The largest absolute Gasteiger partial charge is 0.497 e. The third kappa shape index (κ3) is 5.18. The fraction of sp³-hybridized carbons (Fsp3) is 0.115. The van der Waals surface area contributed by atoms with Gasteiger partial charge < -0.3 is 24.8 Å². The summed E-state index contributed by atoms with van der Waals surface area (Å²) in [5.74, 6) is -0.603. The third-order valence-electron chi connectivity index (χ3n) is 5.48. The summed E-state index contributed by atoms with van der Waals surface area (Å²) in [4.78, 5) is 39.7. The van der Waals surface area contributed by atoms with Crippen LogP contribution in [-0.4, -0.2) is 39.1 Å². The Hall–Kier alpha value is -4.21. The van der Waals surface area contributed by atoms with Gasteiger partial charge in [-0.25, -0.2) is 4.90 Å². The Labute approximate surface area is 222 Å². The lowest BCUT2D eigenvalue weighted by Crippen LogP contribution is -2.32. The molecule has 190 valence electrons. The summed E-state index contributed by atoms with van der Waals surface area (Å²) < 4.78 is 15.8. The van der Waals surface area contributed by atoms with E-state index in [-0.39, 0.29) is 16.4 Å². The second kappa shape index (κ2) is 10.8. The van der Waals surface area contributed by atoms with Crippen LogP contribution in [0.5, 0.6) is 17.2 Å². The smallest absolute Gasteiger partial charge is 0.283 e. The molecule has 0 unspecified atom stereocenters. The van der Waals surface area contributed by atoms with E-state index in [0.29, 0.717) is 39.2 Å². The minimum absolute atomic E-state index is 0.114. The molecule has 3 aromatic rings. The van der Waals surface area contributed by atoms with Crippen molar-refractivity contribution < 1.29 is 28.6 Å². The van der Waals surface area contributed by atoms with Crippen molar-refractivity contribution in [3.63, 3.8) is 0 Å². The number of nitrogens with one attached hydrogen (secondary N) is 2. The maximum absolute atomic E-state index is 13.2. The van der Waals surface area contributed by atoms with Gasteiger partial charge in [0.1, 0.15) is 28.0 Å². The first-order chi connectivity index (χ1) is 17.8. The van der Waals surface area contributed by atoms with Crippen LogP contribution < -0.4 is 29.7 Å². The van der Waals surface area contributed by atoms with Gasteiger partial charge >= 0.3 is 0 Å². The quantitative estimate of drug-likeness (QED) is 0.384. The standard InChI is InChI=1S/C26H21Cl2N3O6/c1-35-17-9-11-21(37-3)19(13-17)31-25(33)22(28)23(26(31)34)29-16-7-4-14(5-8-16)24(32)30-18-12-15(27)6-10-20(18)36-2/h4-13,29H,1-3H3,(H,30,32). The fourth-order valence-corrected chi connectivity index (χ4v) is 4.01. The molecule has 0 radical (unpaired) electrons. The summed E-state index contributed by atoms with van der Waals surface area (Å²) in [5.41, 5.74) is 1.27. The first kappa shape index (κ1) is 25.9. The van der Waals surface area contributed by atoms with E-state index in [1.165, 1.54) is 27.4 Å². The van der Waals surface area contributed by atoms with Crippen LogP contribution in [0, 0.1) is 0 Å². The van der Waals surface area contributed by atoms with Crippen molar-refractivity contribution in [2.75, 3.05) is 36.9 Å². The van der Waals surface area contributed by atoms with Crippen molar-refractivity contribution in [3.8, 4) is 17.2 Å². The number of methoxy groups -OCH3 is 3. The fourth-order valence-electron chi connectivity index (χ4n) is 3.62. The average molecular weight is 542 g/mol. The van der Waals surface area contributed by atoms with Gasteiger partial charge in [-0.3, -0.25) is 14.4 Å². The maximum Gasteiger partial charge on any atom is 0.283 e. The van der Waals surface area contributed by atoms with Gasteiger partial charge in [0.2, 0.25) is 0 Å². The van der Waals surface area contributed by atoms with E-state index < -0.39 is 17.7 Å². The molecule has 1 heterocycles. The normalized spacial score (nSPS) is 13.1. The molecule has 11 heteroatoms. The molecule has 0 fully saturated rings. The summed E-state index contributed by atoms with van der Waals surface area (Å²) >= 11 is 12.3. The molecular weight excluding hydrogens is 521 g/mol. The summed E-state index contributed by atoms with van der Waals surface area (Å²) in [6, 6.07) is 15.9. The molecule has 0 bridgehead atoms. The van der Waals surface area contributed by atoms with E-state index in [1.807, 2.05) is 0 Å². The molecule has 0 aliphatic carbocycles. The van der Waals surface area contributed by atoms with Gasteiger partial charge in [-0.05, 0) is 54.6 Å². The predicted octanol–water partition coefficient (Wildman–Crippen LogP) is 5.05. The number of nitrogens with zero attached hydrogens (tertiary/aromatic N) is 1. The number of carbonyl (C=O) groups is 3. The van der Waals surface area contributed by atoms with Crippen molar-refractivity contribution in [1.82, 2.24) is 0 Å². The minimum atomic E-state index is -0.716. The van der Waals surface area contributed by atoms with Crippen molar-refractivity contribution in [3.05, 3.63) is 82.0 Å². The van der Waals surface area contributed by atoms with Crippen molar-refractivity contribution in [2.45, 2.75) is 0 Å². The molecule has 0 saturated heterocycles. The zero-order chi connectivity index (χ0) is 26.7. The molecule has 2 N–H and O–H groups in total. The van der Waals surface area contributed by atoms with Gasteiger partial charge in [-0.2, -0.15) is 0 Å². The lowest BCUT2D eigenvalue weighted by molar-refractivity contribution is -0.120. The molecule has 37 heavy (non-hydrogen) atoms. The van der Waals surface area contributed by atoms with Gasteiger partial charge in [-0.15, -0.1) is 0 Å². The Morgan fingerprint density at radius 2 is 1.49 bits per heavy atom. The highest BCUT2D eigenvalue weighted by Gasteiger charge is 2.40. The lowest BCUT2D eigenvalue weighted by Gasteiger charge is -2.19. The van der Waals surface area contributed by atoms with Crippen LogP contribution in [0.3, 0.4) is 0 Å².